The molecule has 1 aliphatic heterocycles. The van der Waals surface area contributed by atoms with E-state index in [1.54, 1.807) is 19.2 Å². The van der Waals surface area contributed by atoms with Gasteiger partial charge in [-0.2, -0.15) is 0 Å². The summed E-state index contributed by atoms with van der Waals surface area (Å²) in [5, 5.41) is 0. The normalized spacial score (nSPS) is 12.8. The van der Waals surface area contributed by atoms with Gasteiger partial charge in [0.2, 0.25) is 0 Å². The van der Waals surface area contributed by atoms with Crippen LogP contribution in [0.1, 0.15) is 0 Å². The third-order valence-electron chi connectivity index (χ3n) is 1.51. The van der Waals surface area contributed by atoms with Crippen LogP contribution in [0.15, 0.2) is 24.7 Å². The summed E-state index contributed by atoms with van der Waals surface area (Å²) >= 11 is 0. The molecule has 1 aromatic carbocycles. The van der Waals surface area contributed by atoms with Gasteiger partial charge in [-0.25, -0.2) is 0 Å². The minimum atomic E-state index is 0.582. The van der Waals surface area contributed by atoms with Gasteiger partial charge in [0.05, 0.1) is 7.11 Å². The van der Waals surface area contributed by atoms with Crippen molar-refractivity contribution in [2.45, 2.75) is 0 Å². The minimum absolute atomic E-state index is 0.582. The fraction of sp³-hybridized carbons (Fsp3) is 0.111. The first kappa shape index (κ1) is 7.03. The topological polar surface area (TPSA) is 27.7 Å². The van der Waals surface area contributed by atoms with Crippen LogP contribution in [-0.2, 0) is 0 Å². The van der Waals surface area contributed by atoms with Crippen molar-refractivity contribution in [2.24, 2.45) is 0 Å². The molecule has 3 nitrogen and oxygen atoms in total. The number of fused-ring (bicyclic) bond motifs is 1. The first-order chi connectivity index (χ1) is 5.90. The smallest absolute Gasteiger partial charge is 0.177 e. The summed E-state index contributed by atoms with van der Waals surface area (Å²) in [6.45, 7) is 0. The molecule has 0 spiro atoms. The van der Waals surface area contributed by atoms with E-state index in [4.69, 9.17) is 14.2 Å². The number of methoxy groups -OCH3 is 1. The van der Waals surface area contributed by atoms with Crippen molar-refractivity contribution in [1.29, 1.82) is 0 Å². The molecular weight excluding hydrogens is 156 g/mol. The maximum atomic E-state index is 5.15. The molecule has 0 fully saturated rings. The molecule has 0 aromatic heterocycles. The van der Waals surface area contributed by atoms with E-state index < -0.39 is 0 Å². The lowest BCUT2D eigenvalue weighted by atomic mass is 10.3. The second-order valence-electron chi connectivity index (χ2n) is 2.24. The van der Waals surface area contributed by atoms with Crippen molar-refractivity contribution in [3.63, 3.8) is 0 Å². The zero-order chi connectivity index (χ0) is 8.39. The molecule has 0 N–H and O–H groups in total. The molecule has 0 bridgehead atoms. The molecule has 12 heavy (non-hydrogen) atoms. The van der Waals surface area contributed by atoms with Gasteiger partial charge in [0.25, 0.3) is 0 Å². The summed E-state index contributed by atoms with van der Waals surface area (Å²) in [5.41, 5.74) is 0. The van der Waals surface area contributed by atoms with Crippen LogP contribution in [-0.4, -0.2) is 7.11 Å². The van der Waals surface area contributed by atoms with Crippen molar-refractivity contribution in [3.05, 3.63) is 30.7 Å². The SMILES string of the molecule is COc1c[c]c2c(c1)OC=CO2. The average Bonchev–Trinajstić information content (AvgIpc) is 2.17. The summed E-state index contributed by atoms with van der Waals surface area (Å²) < 4.78 is 15.2. The van der Waals surface area contributed by atoms with Gasteiger partial charge < -0.3 is 14.2 Å². The predicted molar refractivity (Wildman–Crippen MR) is 42.2 cm³/mol. The summed E-state index contributed by atoms with van der Waals surface area (Å²) in [6.07, 6.45) is 2.93. The number of ether oxygens (including phenoxy) is 3. The van der Waals surface area contributed by atoms with Crippen LogP contribution >= 0.6 is 0 Å². The highest BCUT2D eigenvalue weighted by molar-refractivity contribution is 5.46. The Balaban J connectivity index is 2.39. The van der Waals surface area contributed by atoms with Gasteiger partial charge in [0.15, 0.2) is 11.5 Å². The Kier molecular flexibility index (Phi) is 1.63. The highest BCUT2D eigenvalue weighted by Crippen LogP contribution is 2.32. The van der Waals surface area contributed by atoms with Crippen molar-refractivity contribution < 1.29 is 14.2 Å². The standard InChI is InChI=1S/C9H7O3/c1-10-7-2-3-8-9(6-7)12-5-4-11-8/h2,4-6H,1H3. The molecule has 61 valence electrons. The Morgan fingerprint density at radius 2 is 2.17 bits per heavy atom. The first-order valence-electron chi connectivity index (χ1n) is 3.48. The molecular formula is C9H7O3. The van der Waals surface area contributed by atoms with Crippen LogP contribution in [0, 0.1) is 6.07 Å². The number of benzene rings is 1. The fourth-order valence-electron chi connectivity index (χ4n) is 0.939. The summed E-state index contributed by atoms with van der Waals surface area (Å²) in [4.78, 5) is 0. The number of rotatable bonds is 1. The minimum Gasteiger partial charge on any atom is -0.497 e. The summed E-state index contributed by atoms with van der Waals surface area (Å²) in [7, 11) is 1.59. The Morgan fingerprint density at radius 3 is 3.00 bits per heavy atom. The van der Waals surface area contributed by atoms with Crippen molar-refractivity contribution in [2.75, 3.05) is 7.11 Å². The largest absolute Gasteiger partial charge is 0.497 e. The van der Waals surface area contributed by atoms with E-state index in [9.17, 15) is 0 Å². The second-order valence-corrected chi connectivity index (χ2v) is 2.24. The number of hydrogen-bond acceptors (Lipinski definition) is 3. The highest BCUT2D eigenvalue weighted by atomic mass is 16.5. The van der Waals surface area contributed by atoms with Crippen molar-refractivity contribution in [1.82, 2.24) is 0 Å². The number of hydrogen-bond donors (Lipinski definition) is 0. The zero-order valence-electron chi connectivity index (χ0n) is 6.53. The molecule has 1 radical (unpaired) electrons. The maximum Gasteiger partial charge on any atom is 0.177 e. The first-order valence-corrected chi connectivity index (χ1v) is 3.48. The van der Waals surface area contributed by atoms with Gasteiger partial charge in [-0.05, 0) is 6.07 Å². The van der Waals surface area contributed by atoms with E-state index in [2.05, 4.69) is 6.07 Å². The van der Waals surface area contributed by atoms with Gasteiger partial charge in [-0.3, -0.25) is 0 Å². The monoisotopic (exact) mass is 163 g/mol. The van der Waals surface area contributed by atoms with E-state index in [1.807, 2.05) is 0 Å². The van der Waals surface area contributed by atoms with E-state index in [0.717, 1.165) is 0 Å². The molecule has 0 saturated heterocycles. The van der Waals surface area contributed by atoms with Gasteiger partial charge in [-0.15, -0.1) is 0 Å². The van der Waals surface area contributed by atoms with Gasteiger partial charge >= 0.3 is 0 Å². The Morgan fingerprint density at radius 1 is 1.33 bits per heavy atom. The Hall–Kier alpha value is -1.64. The van der Waals surface area contributed by atoms with E-state index in [-0.39, 0.29) is 0 Å². The third kappa shape index (κ3) is 1.09. The molecule has 1 heterocycles. The lowest BCUT2D eigenvalue weighted by Gasteiger charge is -2.12. The molecule has 0 atom stereocenters. The van der Waals surface area contributed by atoms with E-state index >= 15 is 0 Å². The van der Waals surface area contributed by atoms with Crippen LogP contribution in [0.25, 0.3) is 0 Å². The summed E-state index contributed by atoms with van der Waals surface area (Å²) in [5.74, 6) is 1.91. The molecule has 0 saturated carbocycles. The zero-order valence-corrected chi connectivity index (χ0v) is 6.53. The van der Waals surface area contributed by atoms with Gasteiger partial charge in [-0.1, -0.05) is 0 Å². The maximum absolute atomic E-state index is 5.15. The van der Waals surface area contributed by atoms with Crippen molar-refractivity contribution in [3.8, 4) is 17.2 Å². The fourth-order valence-corrected chi connectivity index (χ4v) is 0.939. The second kappa shape index (κ2) is 2.77. The molecule has 1 aromatic rings. The summed E-state index contributed by atoms with van der Waals surface area (Å²) in [6, 6.07) is 6.33. The quantitative estimate of drug-likeness (QED) is 0.631. The molecule has 1 aliphatic rings. The molecule has 3 heteroatoms. The lowest BCUT2D eigenvalue weighted by molar-refractivity contribution is 0.354. The van der Waals surface area contributed by atoms with Crippen LogP contribution in [0.5, 0.6) is 17.2 Å². The molecule has 0 unspecified atom stereocenters. The average molecular weight is 163 g/mol. The third-order valence-corrected chi connectivity index (χ3v) is 1.51. The van der Waals surface area contributed by atoms with Gasteiger partial charge in [0.1, 0.15) is 18.3 Å². The Bertz CT molecular complexity index is 318. The van der Waals surface area contributed by atoms with Gasteiger partial charge in [0, 0.05) is 12.1 Å². The van der Waals surface area contributed by atoms with Crippen LogP contribution in [0.2, 0.25) is 0 Å². The van der Waals surface area contributed by atoms with Crippen molar-refractivity contribution >= 4 is 0 Å². The van der Waals surface area contributed by atoms with E-state index in [1.165, 1.54) is 12.5 Å². The van der Waals surface area contributed by atoms with Crippen LogP contribution in [0.3, 0.4) is 0 Å². The van der Waals surface area contributed by atoms with E-state index in [0.29, 0.717) is 17.2 Å². The highest BCUT2D eigenvalue weighted by Gasteiger charge is 2.08. The lowest BCUT2D eigenvalue weighted by Crippen LogP contribution is -1.96. The van der Waals surface area contributed by atoms with Crippen LogP contribution < -0.4 is 14.2 Å². The van der Waals surface area contributed by atoms with Crippen LogP contribution in [0.4, 0.5) is 0 Å². The molecule has 2 rings (SSSR count). The molecule has 0 aliphatic carbocycles. The Labute approximate surface area is 70.2 Å². The predicted octanol–water partition coefficient (Wildman–Crippen LogP) is 1.74. The molecule has 0 amide bonds.